The minimum atomic E-state index is -0.884. The molecule has 0 bridgehead atoms. The number of anilines is 2. The quantitative estimate of drug-likeness (QED) is 0.146. The fourth-order valence-electron chi connectivity index (χ4n) is 4.54. The first-order chi connectivity index (χ1) is 22.2. The SMILES string of the molecule is CCOc1cc(/C=C2\C(=O)NC(=O)N(c3ccc(OCc4ccccc4)cc3)C2=O)cc(Cl)c1OCC(=O)Nc1ccc(C)cc1. The van der Waals surface area contributed by atoms with Crippen LogP contribution in [0.25, 0.3) is 6.08 Å². The van der Waals surface area contributed by atoms with E-state index in [1.54, 1.807) is 43.3 Å². The largest absolute Gasteiger partial charge is 0.490 e. The summed E-state index contributed by atoms with van der Waals surface area (Å²) in [6, 6.07) is 25.4. The van der Waals surface area contributed by atoms with Gasteiger partial charge in [0, 0.05) is 5.69 Å². The summed E-state index contributed by atoms with van der Waals surface area (Å²) in [4.78, 5) is 52.3. The lowest BCUT2D eigenvalue weighted by Gasteiger charge is -2.26. The molecule has 1 aliphatic heterocycles. The summed E-state index contributed by atoms with van der Waals surface area (Å²) in [5, 5.41) is 5.04. The van der Waals surface area contributed by atoms with Crippen LogP contribution in [0.5, 0.6) is 17.2 Å². The number of benzene rings is 4. The number of hydrogen-bond donors (Lipinski definition) is 2. The number of carbonyl (C=O) groups is 4. The Morgan fingerprint density at radius 3 is 2.33 bits per heavy atom. The standard InChI is InChI=1S/C35H30ClN3O7/c1-3-44-30-19-24(18-29(36)32(30)46-21-31(40)37-25-11-9-22(2)10-12-25)17-28-33(41)38-35(43)39(34(28)42)26-13-15-27(16-14-26)45-20-23-7-5-4-6-8-23/h4-19H,3,20-21H2,1-2H3,(H,37,40)(H,38,41,43)/b28-17+. The third kappa shape index (κ3) is 7.72. The molecule has 2 N–H and O–H groups in total. The Balaban J connectivity index is 1.32. The molecule has 0 spiro atoms. The summed E-state index contributed by atoms with van der Waals surface area (Å²) in [6.07, 6.45) is 1.30. The molecule has 0 aliphatic carbocycles. The fourth-order valence-corrected chi connectivity index (χ4v) is 4.81. The van der Waals surface area contributed by atoms with E-state index in [4.69, 9.17) is 25.8 Å². The molecule has 1 heterocycles. The van der Waals surface area contributed by atoms with Crippen LogP contribution in [0.4, 0.5) is 16.2 Å². The molecule has 10 nitrogen and oxygen atoms in total. The van der Waals surface area contributed by atoms with Crippen LogP contribution < -0.4 is 29.7 Å². The van der Waals surface area contributed by atoms with Gasteiger partial charge in [0.05, 0.1) is 17.3 Å². The lowest BCUT2D eigenvalue weighted by atomic mass is 10.1. The van der Waals surface area contributed by atoms with Crippen molar-refractivity contribution in [1.29, 1.82) is 0 Å². The van der Waals surface area contributed by atoms with E-state index in [0.717, 1.165) is 16.0 Å². The van der Waals surface area contributed by atoms with Crippen molar-refractivity contribution >= 4 is 52.8 Å². The molecular weight excluding hydrogens is 610 g/mol. The van der Waals surface area contributed by atoms with Gasteiger partial charge in [-0.3, -0.25) is 19.7 Å². The van der Waals surface area contributed by atoms with Crippen LogP contribution in [0, 0.1) is 6.92 Å². The van der Waals surface area contributed by atoms with Crippen molar-refractivity contribution in [3.05, 3.63) is 118 Å². The van der Waals surface area contributed by atoms with Gasteiger partial charge >= 0.3 is 6.03 Å². The van der Waals surface area contributed by atoms with Gasteiger partial charge in [-0.2, -0.15) is 0 Å². The predicted molar refractivity (Wildman–Crippen MR) is 174 cm³/mol. The number of rotatable bonds is 11. The molecular formula is C35H30ClN3O7. The van der Waals surface area contributed by atoms with Crippen LogP contribution in [0.15, 0.2) is 96.6 Å². The molecule has 234 valence electrons. The average Bonchev–Trinajstić information content (AvgIpc) is 3.04. The Labute approximate surface area is 270 Å². The maximum atomic E-state index is 13.5. The highest BCUT2D eigenvalue weighted by atomic mass is 35.5. The van der Waals surface area contributed by atoms with E-state index in [0.29, 0.717) is 23.6 Å². The van der Waals surface area contributed by atoms with Gasteiger partial charge in [0.15, 0.2) is 18.1 Å². The second-order valence-electron chi connectivity index (χ2n) is 10.2. The molecule has 0 atom stereocenters. The summed E-state index contributed by atoms with van der Waals surface area (Å²) in [7, 11) is 0. The minimum absolute atomic E-state index is 0.0867. The molecule has 5 amide bonds. The third-order valence-electron chi connectivity index (χ3n) is 6.77. The maximum absolute atomic E-state index is 13.5. The van der Waals surface area contributed by atoms with Gasteiger partial charge in [-0.1, -0.05) is 59.6 Å². The summed E-state index contributed by atoms with van der Waals surface area (Å²) in [6.45, 7) is 3.95. The predicted octanol–water partition coefficient (Wildman–Crippen LogP) is 6.31. The number of nitrogens with zero attached hydrogens (tertiary/aromatic N) is 1. The van der Waals surface area contributed by atoms with Gasteiger partial charge in [0.1, 0.15) is 17.9 Å². The summed E-state index contributed by atoms with van der Waals surface area (Å²) >= 11 is 6.52. The van der Waals surface area contributed by atoms with Gasteiger partial charge in [-0.25, -0.2) is 9.69 Å². The number of urea groups is 1. The lowest BCUT2D eigenvalue weighted by molar-refractivity contribution is -0.122. The minimum Gasteiger partial charge on any atom is -0.490 e. The molecule has 0 saturated carbocycles. The zero-order valence-corrected chi connectivity index (χ0v) is 25.8. The molecule has 11 heteroatoms. The van der Waals surface area contributed by atoms with Crippen molar-refractivity contribution in [1.82, 2.24) is 5.32 Å². The van der Waals surface area contributed by atoms with Crippen LogP contribution in [-0.2, 0) is 21.0 Å². The van der Waals surface area contributed by atoms with Gasteiger partial charge in [-0.05, 0) is 79.6 Å². The third-order valence-corrected chi connectivity index (χ3v) is 7.05. The lowest BCUT2D eigenvalue weighted by Crippen LogP contribution is -2.54. The van der Waals surface area contributed by atoms with Crippen molar-refractivity contribution in [2.75, 3.05) is 23.4 Å². The zero-order chi connectivity index (χ0) is 32.6. The van der Waals surface area contributed by atoms with Gasteiger partial charge in [0.25, 0.3) is 17.7 Å². The Hall–Kier alpha value is -5.61. The molecule has 0 unspecified atom stereocenters. The van der Waals surface area contributed by atoms with Crippen molar-refractivity contribution in [2.45, 2.75) is 20.5 Å². The van der Waals surface area contributed by atoms with Crippen LogP contribution in [0.1, 0.15) is 23.6 Å². The molecule has 1 fully saturated rings. The van der Waals surface area contributed by atoms with Crippen molar-refractivity contribution in [2.24, 2.45) is 0 Å². The van der Waals surface area contributed by atoms with Gasteiger partial charge in [0.2, 0.25) is 0 Å². The number of carbonyl (C=O) groups excluding carboxylic acids is 4. The molecule has 0 radical (unpaired) electrons. The van der Waals surface area contributed by atoms with E-state index in [2.05, 4.69) is 10.6 Å². The topological polar surface area (TPSA) is 123 Å². The normalized spacial score (nSPS) is 13.8. The first-order valence-corrected chi connectivity index (χ1v) is 14.7. The smallest absolute Gasteiger partial charge is 0.335 e. The van der Waals surface area contributed by atoms with E-state index < -0.39 is 23.8 Å². The number of imide groups is 2. The van der Waals surface area contributed by atoms with E-state index in [1.165, 1.54) is 18.2 Å². The molecule has 4 aromatic carbocycles. The molecule has 46 heavy (non-hydrogen) atoms. The molecule has 1 aliphatic rings. The highest BCUT2D eigenvalue weighted by molar-refractivity contribution is 6.39. The van der Waals surface area contributed by atoms with E-state index in [9.17, 15) is 19.2 Å². The second-order valence-corrected chi connectivity index (χ2v) is 10.6. The monoisotopic (exact) mass is 639 g/mol. The zero-order valence-electron chi connectivity index (χ0n) is 25.0. The number of ether oxygens (including phenoxy) is 3. The van der Waals surface area contributed by atoms with Gasteiger partial charge in [-0.15, -0.1) is 0 Å². The Morgan fingerprint density at radius 1 is 0.913 bits per heavy atom. The first kappa shape index (κ1) is 31.8. The number of hydrogen-bond acceptors (Lipinski definition) is 7. The highest BCUT2D eigenvalue weighted by Gasteiger charge is 2.37. The summed E-state index contributed by atoms with van der Waals surface area (Å²) < 4.78 is 17.2. The summed E-state index contributed by atoms with van der Waals surface area (Å²) in [5.41, 5.74) is 2.95. The number of aryl methyl sites for hydroxylation is 1. The number of barbiturate groups is 1. The molecule has 5 rings (SSSR count). The second kappa shape index (κ2) is 14.4. The highest BCUT2D eigenvalue weighted by Crippen LogP contribution is 2.38. The van der Waals surface area contributed by atoms with Crippen LogP contribution >= 0.6 is 11.6 Å². The first-order valence-electron chi connectivity index (χ1n) is 14.4. The van der Waals surface area contributed by atoms with Crippen molar-refractivity contribution in [3.63, 3.8) is 0 Å². The van der Waals surface area contributed by atoms with E-state index in [-0.39, 0.29) is 41.0 Å². The van der Waals surface area contributed by atoms with Crippen molar-refractivity contribution < 1.29 is 33.4 Å². The van der Waals surface area contributed by atoms with Crippen LogP contribution in [-0.4, -0.2) is 37.0 Å². The van der Waals surface area contributed by atoms with Gasteiger partial charge < -0.3 is 19.5 Å². The molecule has 1 saturated heterocycles. The Bertz CT molecular complexity index is 1790. The number of amides is 5. The Morgan fingerprint density at radius 2 is 1.63 bits per heavy atom. The van der Waals surface area contributed by atoms with Crippen molar-refractivity contribution in [3.8, 4) is 17.2 Å². The number of halogens is 1. The van der Waals surface area contributed by atoms with Crippen LogP contribution in [0.2, 0.25) is 5.02 Å². The average molecular weight is 640 g/mol. The maximum Gasteiger partial charge on any atom is 0.335 e. The van der Waals surface area contributed by atoms with Crippen LogP contribution in [0.3, 0.4) is 0 Å². The van der Waals surface area contributed by atoms with E-state index in [1.807, 2.05) is 49.4 Å². The molecule has 4 aromatic rings. The van der Waals surface area contributed by atoms with E-state index >= 15 is 0 Å². The molecule has 0 aromatic heterocycles. The fraction of sp³-hybridized carbons (Fsp3) is 0.143. The summed E-state index contributed by atoms with van der Waals surface area (Å²) in [5.74, 6) is -1.23. The Kier molecular flexibility index (Phi) is 9.99. The number of nitrogens with one attached hydrogen (secondary N) is 2.